The molecule has 3 atom stereocenters. The van der Waals surface area contributed by atoms with Gasteiger partial charge in [0, 0.05) is 30.6 Å². The molecule has 2 aliphatic heterocycles. The number of amides is 2. The number of piperidine rings is 1. The molecule has 3 unspecified atom stereocenters. The van der Waals surface area contributed by atoms with Crippen molar-refractivity contribution in [1.82, 2.24) is 10.6 Å². The number of hydrogen-bond donors (Lipinski definition) is 3. The number of hydrogen-bond acceptors (Lipinski definition) is 3. The minimum absolute atomic E-state index is 0. The van der Waals surface area contributed by atoms with Crippen LogP contribution in [0.4, 0.5) is 5.69 Å². The normalized spacial score (nSPS) is 23.1. The summed E-state index contributed by atoms with van der Waals surface area (Å²) in [5.74, 6) is 0.197. The number of fused-ring (bicyclic) bond motifs is 2. The van der Waals surface area contributed by atoms with E-state index < -0.39 is 6.04 Å². The molecule has 0 spiro atoms. The van der Waals surface area contributed by atoms with Crippen LogP contribution in [-0.2, 0) is 16.0 Å². The molecule has 0 radical (unpaired) electrons. The summed E-state index contributed by atoms with van der Waals surface area (Å²) >= 11 is 0. The summed E-state index contributed by atoms with van der Waals surface area (Å²) in [6.45, 7) is 0. The van der Waals surface area contributed by atoms with Gasteiger partial charge in [-0.2, -0.15) is 0 Å². The molecule has 2 bridgehead atoms. The van der Waals surface area contributed by atoms with Gasteiger partial charge in [-0.1, -0.05) is 48.5 Å². The molecule has 0 aliphatic carbocycles. The number of anilines is 1. The van der Waals surface area contributed by atoms with Crippen molar-refractivity contribution in [3.8, 4) is 0 Å². The van der Waals surface area contributed by atoms with Crippen LogP contribution in [0.15, 0.2) is 60.7 Å². The second kappa shape index (κ2) is 10.6. The first-order chi connectivity index (χ1) is 14.2. The van der Waals surface area contributed by atoms with Crippen LogP contribution in [0.3, 0.4) is 0 Å². The van der Waals surface area contributed by atoms with Gasteiger partial charge in [-0.05, 0) is 49.3 Å². The topological polar surface area (TPSA) is 70.2 Å². The van der Waals surface area contributed by atoms with Gasteiger partial charge in [-0.3, -0.25) is 9.59 Å². The van der Waals surface area contributed by atoms with Gasteiger partial charge in [0.2, 0.25) is 11.8 Å². The maximum absolute atomic E-state index is 12.9. The van der Waals surface area contributed by atoms with Crippen molar-refractivity contribution in [2.45, 2.75) is 56.7 Å². The van der Waals surface area contributed by atoms with E-state index in [1.807, 2.05) is 60.7 Å². The smallest absolute Gasteiger partial charge is 0.247 e. The fourth-order valence-corrected chi connectivity index (χ4v) is 4.67. The van der Waals surface area contributed by atoms with Crippen molar-refractivity contribution in [3.05, 3.63) is 66.2 Å². The van der Waals surface area contributed by atoms with Gasteiger partial charge in [0.15, 0.2) is 0 Å². The summed E-state index contributed by atoms with van der Waals surface area (Å²) in [5.41, 5.74) is 1.76. The second-order valence-corrected chi connectivity index (χ2v) is 8.34. The Morgan fingerprint density at radius 1 is 0.933 bits per heavy atom. The zero-order valence-electron chi connectivity index (χ0n) is 17.1. The molecular formula is C24H30ClN3O2. The fraction of sp³-hybridized carbons (Fsp3) is 0.417. The lowest BCUT2D eigenvalue weighted by atomic mass is 9.89. The molecule has 30 heavy (non-hydrogen) atoms. The van der Waals surface area contributed by atoms with E-state index in [9.17, 15) is 9.59 Å². The Kier molecular flexibility index (Phi) is 7.88. The molecule has 2 aliphatic rings. The van der Waals surface area contributed by atoms with Gasteiger partial charge >= 0.3 is 0 Å². The highest BCUT2D eigenvalue weighted by Gasteiger charge is 2.34. The highest BCUT2D eigenvalue weighted by Crippen LogP contribution is 2.32. The lowest BCUT2D eigenvalue weighted by Crippen LogP contribution is -2.46. The third kappa shape index (κ3) is 6.07. The Labute approximate surface area is 184 Å². The van der Waals surface area contributed by atoms with E-state index in [1.54, 1.807) is 0 Å². The predicted octanol–water partition coefficient (Wildman–Crippen LogP) is 3.70. The average Bonchev–Trinajstić information content (AvgIpc) is 3.07. The van der Waals surface area contributed by atoms with E-state index in [0.717, 1.165) is 24.1 Å². The second-order valence-electron chi connectivity index (χ2n) is 8.34. The average molecular weight is 428 g/mol. The van der Waals surface area contributed by atoms with Gasteiger partial charge in [0.05, 0.1) is 0 Å². The Morgan fingerprint density at radius 3 is 2.17 bits per heavy atom. The minimum atomic E-state index is -0.594. The molecule has 0 saturated carbocycles. The highest BCUT2D eigenvalue weighted by atomic mass is 35.5. The molecule has 2 aromatic carbocycles. The van der Waals surface area contributed by atoms with Gasteiger partial charge in [0.25, 0.3) is 0 Å². The molecule has 2 saturated heterocycles. The lowest BCUT2D eigenvalue weighted by Gasteiger charge is -2.29. The maximum atomic E-state index is 12.9. The Balaban J connectivity index is 0.00000256. The number of para-hydroxylation sites is 1. The Bertz CT molecular complexity index is 819. The van der Waals surface area contributed by atoms with E-state index in [0.29, 0.717) is 30.8 Å². The number of carbonyl (C=O) groups is 2. The molecule has 0 aromatic heterocycles. The van der Waals surface area contributed by atoms with E-state index in [4.69, 9.17) is 0 Å². The van der Waals surface area contributed by atoms with Gasteiger partial charge in [-0.25, -0.2) is 0 Å². The van der Waals surface area contributed by atoms with Crippen molar-refractivity contribution < 1.29 is 9.59 Å². The number of carbonyl (C=O) groups excluding carboxylic acids is 2. The summed E-state index contributed by atoms with van der Waals surface area (Å²) in [6, 6.07) is 19.7. The quantitative estimate of drug-likeness (QED) is 0.631. The first-order valence-electron chi connectivity index (χ1n) is 10.6. The fourth-order valence-electron chi connectivity index (χ4n) is 4.67. The maximum Gasteiger partial charge on any atom is 0.247 e. The van der Waals surface area contributed by atoms with Crippen LogP contribution < -0.4 is 16.0 Å². The van der Waals surface area contributed by atoms with Gasteiger partial charge in [0.1, 0.15) is 6.04 Å². The number of halogens is 1. The Morgan fingerprint density at radius 2 is 1.53 bits per heavy atom. The molecule has 2 amide bonds. The largest absolute Gasteiger partial charge is 0.344 e. The zero-order chi connectivity index (χ0) is 20.1. The molecule has 2 heterocycles. The molecule has 6 heteroatoms. The summed E-state index contributed by atoms with van der Waals surface area (Å²) < 4.78 is 0. The minimum Gasteiger partial charge on any atom is -0.344 e. The van der Waals surface area contributed by atoms with Crippen molar-refractivity contribution in [2.24, 2.45) is 5.92 Å². The molecule has 2 aromatic rings. The lowest BCUT2D eigenvalue weighted by molar-refractivity contribution is -0.127. The van der Waals surface area contributed by atoms with E-state index in [1.165, 1.54) is 12.8 Å². The number of rotatable bonds is 7. The summed E-state index contributed by atoms with van der Waals surface area (Å²) in [7, 11) is 0. The molecule has 3 N–H and O–H groups in total. The van der Waals surface area contributed by atoms with Crippen LogP contribution in [0.1, 0.15) is 37.7 Å². The summed E-state index contributed by atoms with van der Waals surface area (Å²) in [6.07, 6.45) is 5.53. The summed E-state index contributed by atoms with van der Waals surface area (Å²) in [5, 5.41) is 9.56. The van der Waals surface area contributed by atoms with Crippen LogP contribution in [0.5, 0.6) is 0 Å². The van der Waals surface area contributed by atoms with Crippen LogP contribution in [0.25, 0.3) is 0 Å². The van der Waals surface area contributed by atoms with Crippen LogP contribution in [-0.4, -0.2) is 29.9 Å². The molecule has 5 nitrogen and oxygen atoms in total. The summed E-state index contributed by atoms with van der Waals surface area (Å²) in [4.78, 5) is 25.7. The third-order valence-electron chi connectivity index (χ3n) is 6.02. The highest BCUT2D eigenvalue weighted by molar-refractivity contribution is 5.97. The zero-order valence-corrected chi connectivity index (χ0v) is 17.9. The van der Waals surface area contributed by atoms with E-state index in [-0.39, 0.29) is 24.2 Å². The molecular weight excluding hydrogens is 398 g/mol. The standard InChI is InChI=1S/C24H29N3O2.ClH/c28-23(16-18-13-20-11-12-21(14-18)25-20)27-22(15-17-7-3-1-4-8-17)24(29)26-19-9-5-2-6-10-19;/h1-10,18,20-22,25H,11-16H2,(H,26,29)(H,27,28);1H. The first kappa shape index (κ1) is 22.3. The van der Waals surface area contributed by atoms with Crippen molar-refractivity contribution >= 4 is 29.9 Å². The third-order valence-corrected chi connectivity index (χ3v) is 6.02. The van der Waals surface area contributed by atoms with Gasteiger partial charge < -0.3 is 16.0 Å². The van der Waals surface area contributed by atoms with Crippen LogP contribution in [0.2, 0.25) is 0 Å². The van der Waals surface area contributed by atoms with Crippen LogP contribution in [0, 0.1) is 5.92 Å². The molecule has 2 fully saturated rings. The first-order valence-corrected chi connectivity index (χ1v) is 10.6. The number of benzene rings is 2. The van der Waals surface area contributed by atoms with Crippen LogP contribution >= 0.6 is 12.4 Å². The monoisotopic (exact) mass is 427 g/mol. The SMILES string of the molecule is Cl.O=C(CC1CC2CCC(C1)N2)NC(Cc1ccccc1)C(=O)Nc1ccccc1. The van der Waals surface area contributed by atoms with Crippen molar-refractivity contribution in [2.75, 3.05) is 5.32 Å². The van der Waals surface area contributed by atoms with Crippen molar-refractivity contribution in [1.29, 1.82) is 0 Å². The van der Waals surface area contributed by atoms with Gasteiger partial charge in [-0.15, -0.1) is 12.4 Å². The predicted molar refractivity (Wildman–Crippen MR) is 122 cm³/mol. The van der Waals surface area contributed by atoms with E-state index in [2.05, 4.69) is 16.0 Å². The number of nitrogens with one attached hydrogen (secondary N) is 3. The molecule has 4 rings (SSSR count). The Hall–Kier alpha value is -2.37. The van der Waals surface area contributed by atoms with Crippen molar-refractivity contribution in [3.63, 3.8) is 0 Å². The van der Waals surface area contributed by atoms with E-state index >= 15 is 0 Å². The molecule has 160 valence electrons.